The lowest BCUT2D eigenvalue weighted by atomic mass is 10.1. The molecule has 160 valence electrons. The minimum absolute atomic E-state index is 0.140. The van der Waals surface area contributed by atoms with Crippen LogP contribution in [-0.4, -0.2) is 33.3 Å². The minimum Gasteiger partial charge on any atom is -0.465 e. The smallest absolute Gasteiger partial charge is 0.286 e. The van der Waals surface area contributed by atoms with Gasteiger partial charge in [0.1, 0.15) is 5.82 Å². The van der Waals surface area contributed by atoms with E-state index in [1.54, 1.807) is 13.0 Å². The number of hydrogen-bond donors (Lipinski definition) is 2. The van der Waals surface area contributed by atoms with Crippen molar-refractivity contribution >= 4 is 17.6 Å². The molecule has 0 aliphatic heterocycles. The van der Waals surface area contributed by atoms with E-state index in [9.17, 15) is 18.4 Å². The van der Waals surface area contributed by atoms with Crippen LogP contribution in [0.4, 0.5) is 14.6 Å². The maximum atomic E-state index is 14.0. The molecule has 1 aliphatic rings. The first kappa shape index (κ1) is 21.6. The molecule has 7 nitrogen and oxygen atoms in total. The Bertz CT molecular complexity index is 915. The number of rotatable bonds is 9. The molecule has 2 amide bonds. The monoisotopic (exact) mass is 418 g/mol. The number of alkyl halides is 2. The van der Waals surface area contributed by atoms with E-state index in [0.717, 1.165) is 0 Å². The zero-order valence-electron chi connectivity index (χ0n) is 16.9. The van der Waals surface area contributed by atoms with Gasteiger partial charge >= 0.3 is 0 Å². The van der Waals surface area contributed by atoms with E-state index < -0.39 is 11.5 Å². The lowest BCUT2D eigenvalue weighted by Gasteiger charge is -2.26. The fraction of sp³-hybridized carbons (Fsp3) is 0.429. The van der Waals surface area contributed by atoms with E-state index in [1.165, 1.54) is 37.5 Å². The van der Waals surface area contributed by atoms with Gasteiger partial charge in [-0.2, -0.15) is 0 Å². The average molecular weight is 418 g/mol. The maximum absolute atomic E-state index is 14.0. The van der Waals surface area contributed by atoms with Crippen LogP contribution in [0.2, 0.25) is 0 Å². The molecular weight excluding hydrogens is 394 g/mol. The Morgan fingerprint density at radius 2 is 1.97 bits per heavy atom. The molecule has 30 heavy (non-hydrogen) atoms. The van der Waals surface area contributed by atoms with Gasteiger partial charge in [-0.15, -0.1) is 0 Å². The molecule has 9 heteroatoms. The second kappa shape index (κ2) is 8.73. The van der Waals surface area contributed by atoms with Crippen molar-refractivity contribution in [3.05, 3.63) is 47.8 Å². The summed E-state index contributed by atoms with van der Waals surface area (Å²) in [6.45, 7) is 3.35. The zero-order chi connectivity index (χ0) is 21.8. The van der Waals surface area contributed by atoms with E-state index in [1.807, 2.05) is 0 Å². The highest BCUT2D eigenvalue weighted by atomic mass is 19.3. The van der Waals surface area contributed by atoms with E-state index in [0.29, 0.717) is 36.2 Å². The molecule has 0 spiro atoms. The number of nitrogens with one attached hydrogen (secondary N) is 2. The highest BCUT2D eigenvalue weighted by Gasteiger charge is 2.63. The molecule has 2 heterocycles. The molecule has 0 saturated heterocycles. The number of pyridine rings is 2. The molecule has 1 fully saturated rings. The molecule has 0 radical (unpaired) electrons. The molecule has 1 saturated carbocycles. The molecule has 0 unspecified atom stereocenters. The number of nitrogens with zero attached hydrogens (tertiary/aromatic N) is 2. The molecule has 1 aliphatic carbocycles. The van der Waals surface area contributed by atoms with Crippen LogP contribution in [-0.2, 0) is 11.3 Å². The minimum atomic E-state index is -2.89. The Labute approximate surface area is 173 Å². The van der Waals surface area contributed by atoms with Gasteiger partial charge in [0.2, 0.25) is 11.8 Å². The summed E-state index contributed by atoms with van der Waals surface area (Å²) in [5.74, 6) is -2.99. The van der Waals surface area contributed by atoms with E-state index >= 15 is 0 Å². The van der Waals surface area contributed by atoms with E-state index in [2.05, 4.69) is 20.6 Å². The fourth-order valence-electron chi connectivity index (χ4n) is 2.91. The molecule has 2 N–H and O–H groups in total. The summed E-state index contributed by atoms with van der Waals surface area (Å²) in [6.07, 6.45) is 3.56. The van der Waals surface area contributed by atoms with Crippen LogP contribution in [0, 0.1) is 0 Å². The zero-order valence-corrected chi connectivity index (χ0v) is 16.9. The summed E-state index contributed by atoms with van der Waals surface area (Å²) in [6, 6.07) is 6.22. The number of carbonyl (C=O) groups excluding carboxylic acids is 2. The van der Waals surface area contributed by atoms with Gasteiger partial charge in [-0.3, -0.25) is 9.59 Å². The fourth-order valence-corrected chi connectivity index (χ4v) is 2.91. The Balaban J connectivity index is 1.56. The summed E-state index contributed by atoms with van der Waals surface area (Å²) >= 11 is 0. The topological polar surface area (TPSA) is 93.2 Å². The number of carbonyl (C=O) groups is 2. The summed E-state index contributed by atoms with van der Waals surface area (Å²) < 4.78 is 33.5. The first-order chi connectivity index (χ1) is 14.3. The second-order valence-corrected chi connectivity index (χ2v) is 7.17. The van der Waals surface area contributed by atoms with Crippen LogP contribution in [0.1, 0.15) is 55.5 Å². The van der Waals surface area contributed by atoms with Crippen LogP contribution < -0.4 is 15.4 Å². The number of anilines is 1. The van der Waals surface area contributed by atoms with E-state index in [-0.39, 0.29) is 30.7 Å². The molecule has 2 aromatic rings. The van der Waals surface area contributed by atoms with Crippen molar-refractivity contribution in [3.8, 4) is 5.88 Å². The second-order valence-electron chi connectivity index (χ2n) is 7.17. The predicted octanol–water partition coefficient (Wildman–Crippen LogP) is 3.71. The van der Waals surface area contributed by atoms with Gasteiger partial charge in [-0.1, -0.05) is 19.9 Å². The van der Waals surface area contributed by atoms with Crippen molar-refractivity contribution < 1.29 is 23.1 Å². The normalized spacial score (nSPS) is 14.7. The van der Waals surface area contributed by atoms with Crippen molar-refractivity contribution in [2.75, 3.05) is 5.32 Å². The number of aromatic nitrogens is 2. The van der Waals surface area contributed by atoms with Crippen molar-refractivity contribution in [2.24, 2.45) is 0 Å². The van der Waals surface area contributed by atoms with Crippen LogP contribution >= 0.6 is 0 Å². The summed E-state index contributed by atoms with van der Waals surface area (Å²) in [7, 11) is 0. The van der Waals surface area contributed by atoms with Gasteiger partial charge in [-0.25, -0.2) is 18.7 Å². The van der Waals surface area contributed by atoms with Gasteiger partial charge in [0, 0.05) is 43.4 Å². The van der Waals surface area contributed by atoms with Gasteiger partial charge in [-0.05, 0) is 30.5 Å². The number of hydrogen-bond acceptors (Lipinski definition) is 5. The lowest BCUT2D eigenvalue weighted by molar-refractivity contribution is -0.116. The van der Waals surface area contributed by atoms with Crippen molar-refractivity contribution in [3.63, 3.8) is 0 Å². The first-order valence-corrected chi connectivity index (χ1v) is 9.84. The van der Waals surface area contributed by atoms with Crippen molar-refractivity contribution in [1.29, 1.82) is 0 Å². The Morgan fingerprint density at radius 3 is 2.57 bits per heavy atom. The maximum Gasteiger partial charge on any atom is 0.286 e. The Morgan fingerprint density at radius 1 is 1.20 bits per heavy atom. The van der Waals surface area contributed by atoms with Gasteiger partial charge < -0.3 is 15.4 Å². The van der Waals surface area contributed by atoms with Crippen molar-refractivity contribution in [2.45, 2.75) is 57.6 Å². The first-order valence-electron chi connectivity index (χ1n) is 9.84. The molecule has 2 aromatic heterocycles. The van der Waals surface area contributed by atoms with Crippen LogP contribution in [0.3, 0.4) is 0 Å². The number of halogens is 2. The van der Waals surface area contributed by atoms with Gasteiger partial charge in [0.05, 0.1) is 0 Å². The summed E-state index contributed by atoms with van der Waals surface area (Å²) in [4.78, 5) is 31.9. The van der Waals surface area contributed by atoms with E-state index in [4.69, 9.17) is 4.74 Å². The third-order valence-electron chi connectivity index (χ3n) is 4.98. The third-order valence-corrected chi connectivity index (χ3v) is 4.98. The average Bonchev–Trinajstić information content (AvgIpc) is 3.54. The molecule has 3 rings (SSSR count). The van der Waals surface area contributed by atoms with Crippen LogP contribution in [0.25, 0.3) is 0 Å². The van der Waals surface area contributed by atoms with Gasteiger partial charge in [0.25, 0.3) is 11.8 Å². The quantitative estimate of drug-likeness (QED) is 0.648. The largest absolute Gasteiger partial charge is 0.465 e. The highest BCUT2D eigenvalue weighted by Crippen LogP contribution is 2.52. The molecular formula is C21H24F2N4O3. The van der Waals surface area contributed by atoms with Crippen LogP contribution in [0.15, 0.2) is 36.7 Å². The number of amides is 2. The van der Waals surface area contributed by atoms with Crippen molar-refractivity contribution in [1.82, 2.24) is 15.3 Å². The molecule has 0 aromatic carbocycles. The SMILES string of the molecule is CCC(=O)Nc1cc(C(=O)NCc2ccc(OC3(C(F)(F)CC)CC3)nc2)ccn1. The molecule has 0 atom stereocenters. The summed E-state index contributed by atoms with van der Waals surface area (Å²) in [5.41, 5.74) is -0.408. The van der Waals surface area contributed by atoms with Crippen LogP contribution in [0.5, 0.6) is 5.88 Å². The number of ether oxygens (including phenoxy) is 1. The lowest BCUT2D eigenvalue weighted by Crippen LogP contribution is -2.40. The van der Waals surface area contributed by atoms with Gasteiger partial charge in [0.15, 0.2) is 5.60 Å². The Hall–Kier alpha value is -3.10. The predicted molar refractivity (Wildman–Crippen MR) is 106 cm³/mol. The Kier molecular flexibility index (Phi) is 6.28. The molecule has 0 bridgehead atoms. The summed E-state index contributed by atoms with van der Waals surface area (Å²) in [5, 5.41) is 5.34. The standard InChI is InChI=1S/C21H24F2N4O3/c1-3-17(28)27-16-11-15(7-10-24-16)19(29)26-13-14-5-6-18(25-12-14)30-20(8-9-20)21(22,23)4-2/h5-7,10-12H,3-4,8-9,13H2,1-2H3,(H,26,29)(H,24,27,28). The third kappa shape index (κ3) is 4.90. The highest BCUT2D eigenvalue weighted by molar-refractivity contribution is 5.96.